The highest BCUT2D eigenvalue weighted by atomic mass is 19.1. The quantitative estimate of drug-likeness (QED) is 0.655. The number of Topliss-reactive ketones (excluding diaryl/α,β-unsaturated/α-hetero) is 1. The number of carbonyl (C=O) groups is 2. The van der Waals surface area contributed by atoms with Gasteiger partial charge < -0.3 is 9.64 Å². The van der Waals surface area contributed by atoms with Gasteiger partial charge in [-0.3, -0.25) is 9.69 Å². The summed E-state index contributed by atoms with van der Waals surface area (Å²) in [6, 6.07) is 12.3. The van der Waals surface area contributed by atoms with Gasteiger partial charge in [0.05, 0.1) is 11.5 Å². The fourth-order valence-corrected chi connectivity index (χ4v) is 4.90. The van der Waals surface area contributed by atoms with Crippen molar-refractivity contribution in [3.8, 4) is 0 Å². The van der Waals surface area contributed by atoms with Gasteiger partial charge in [-0.1, -0.05) is 24.3 Å². The van der Waals surface area contributed by atoms with E-state index in [0.29, 0.717) is 39.0 Å². The average molecular weight is 457 g/mol. The molecule has 4 rings (SSSR count). The molecule has 7 heteroatoms. The van der Waals surface area contributed by atoms with Gasteiger partial charge in [0.2, 0.25) is 0 Å². The van der Waals surface area contributed by atoms with Crippen molar-refractivity contribution in [1.29, 1.82) is 0 Å². The summed E-state index contributed by atoms with van der Waals surface area (Å²) in [5.74, 6) is -0.503. The van der Waals surface area contributed by atoms with Gasteiger partial charge >= 0.3 is 6.09 Å². The van der Waals surface area contributed by atoms with Gasteiger partial charge in [-0.15, -0.1) is 0 Å². The van der Waals surface area contributed by atoms with E-state index < -0.39 is 17.1 Å². The second-order valence-electron chi connectivity index (χ2n) is 10.1. The minimum atomic E-state index is -0.673. The van der Waals surface area contributed by atoms with Crippen LogP contribution in [0, 0.1) is 17.0 Å². The van der Waals surface area contributed by atoms with Gasteiger partial charge in [-0.05, 0) is 62.6 Å². The van der Waals surface area contributed by atoms with Gasteiger partial charge in [-0.2, -0.15) is 0 Å². The average Bonchev–Trinajstić information content (AvgIpc) is 3.16. The van der Waals surface area contributed by atoms with Gasteiger partial charge in [0.15, 0.2) is 0 Å². The lowest BCUT2D eigenvalue weighted by molar-refractivity contribution is -0.132. The number of piperidine rings is 1. The van der Waals surface area contributed by atoms with E-state index in [9.17, 15) is 18.4 Å². The molecule has 1 spiro atoms. The number of carbonyl (C=O) groups excluding carboxylic acids is 2. The van der Waals surface area contributed by atoms with Crippen LogP contribution in [0.3, 0.4) is 0 Å². The zero-order chi connectivity index (χ0) is 23.8. The lowest BCUT2D eigenvalue weighted by Crippen LogP contribution is -2.53. The van der Waals surface area contributed by atoms with Crippen molar-refractivity contribution in [2.75, 3.05) is 26.2 Å². The molecule has 0 radical (unpaired) electrons. The number of hydrogen-bond acceptors (Lipinski definition) is 4. The second kappa shape index (κ2) is 8.86. The predicted octanol–water partition coefficient (Wildman–Crippen LogP) is 4.96. The van der Waals surface area contributed by atoms with Gasteiger partial charge in [-0.25, -0.2) is 13.6 Å². The topological polar surface area (TPSA) is 49.9 Å². The molecule has 176 valence electrons. The Kier molecular flexibility index (Phi) is 6.27. The Morgan fingerprint density at radius 1 is 0.939 bits per heavy atom. The minimum absolute atomic E-state index is 0.154. The molecule has 2 aromatic carbocycles. The van der Waals surface area contributed by atoms with E-state index in [-0.39, 0.29) is 23.5 Å². The summed E-state index contributed by atoms with van der Waals surface area (Å²) in [5, 5.41) is 0. The molecule has 2 fully saturated rings. The first-order valence-electron chi connectivity index (χ1n) is 11.3. The Hall–Kier alpha value is -2.80. The summed E-state index contributed by atoms with van der Waals surface area (Å²) in [4.78, 5) is 29.6. The molecule has 2 saturated heterocycles. The van der Waals surface area contributed by atoms with Crippen LogP contribution in [-0.2, 0) is 9.53 Å². The molecule has 2 aromatic rings. The van der Waals surface area contributed by atoms with Crippen molar-refractivity contribution in [3.63, 3.8) is 0 Å². The van der Waals surface area contributed by atoms with E-state index in [0.717, 1.165) is 11.1 Å². The van der Waals surface area contributed by atoms with E-state index in [1.54, 1.807) is 29.2 Å². The van der Waals surface area contributed by atoms with Crippen LogP contribution in [0.2, 0.25) is 0 Å². The summed E-state index contributed by atoms with van der Waals surface area (Å²) >= 11 is 0. The van der Waals surface area contributed by atoms with Crippen LogP contribution in [0.15, 0.2) is 48.5 Å². The van der Waals surface area contributed by atoms with Gasteiger partial charge in [0, 0.05) is 32.6 Å². The Bertz CT molecular complexity index is 972. The molecule has 33 heavy (non-hydrogen) atoms. The number of halogens is 2. The molecule has 0 aromatic heterocycles. The number of nitrogens with zero attached hydrogens (tertiary/aromatic N) is 2. The van der Waals surface area contributed by atoms with Crippen LogP contribution in [0.5, 0.6) is 0 Å². The van der Waals surface area contributed by atoms with Crippen molar-refractivity contribution in [3.05, 3.63) is 71.3 Å². The molecule has 1 amide bonds. The lowest BCUT2D eigenvalue weighted by Gasteiger charge is -2.40. The molecule has 1 atom stereocenters. The van der Waals surface area contributed by atoms with Crippen molar-refractivity contribution < 1.29 is 23.1 Å². The summed E-state index contributed by atoms with van der Waals surface area (Å²) < 4.78 is 32.7. The SMILES string of the molecule is CC(C)(C)OC(=O)N1CCC(=O)C2(CCN(C(c3ccc(F)cc3)c3ccc(F)cc3)C2)C1. The molecule has 0 bridgehead atoms. The number of hydrogen-bond donors (Lipinski definition) is 0. The molecule has 1 unspecified atom stereocenters. The maximum Gasteiger partial charge on any atom is 0.410 e. The first-order chi connectivity index (χ1) is 15.6. The van der Waals surface area contributed by atoms with Crippen LogP contribution in [-0.4, -0.2) is 53.5 Å². The largest absolute Gasteiger partial charge is 0.444 e. The Morgan fingerprint density at radius 3 is 2.00 bits per heavy atom. The van der Waals surface area contributed by atoms with E-state index in [4.69, 9.17) is 4.74 Å². The number of likely N-dealkylation sites (tertiary alicyclic amines) is 2. The molecule has 0 N–H and O–H groups in total. The van der Waals surface area contributed by atoms with Crippen molar-refractivity contribution >= 4 is 11.9 Å². The number of ketones is 1. The molecule has 0 saturated carbocycles. The van der Waals surface area contributed by atoms with Gasteiger partial charge in [0.1, 0.15) is 23.0 Å². The van der Waals surface area contributed by atoms with Crippen LogP contribution < -0.4 is 0 Å². The Labute approximate surface area is 193 Å². The van der Waals surface area contributed by atoms with Crippen LogP contribution in [0.25, 0.3) is 0 Å². The number of amides is 1. The number of ether oxygens (including phenoxy) is 1. The molecule has 5 nitrogen and oxygen atoms in total. The van der Waals surface area contributed by atoms with Crippen LogP contribution >= 0.6 is 0 Å². The molecule has 2 heterocycles. The highest BCUT2D eigenvalue weighted by molar-refractivity contribution is 5.88. The van der Waals surface area contributed by atoms with Gasteiger partial charge in [0.25, 0.3) is 0 Å². The molecule has 2 aliphatic rings. The lowest BCUT2D eigenvalue weighted by atomic mass is 9.78. The predicted molar refractivity (Wildman–Crippen MR) is 121 cm³/mol. The normalized spacial score (nSPS) is 21.8. The molecule has 2 aliphatic heterocycles. The van der Waals surface area contributed by atoms with Crippen LogP contribution in [0.1, 0.15) is 50.8 Å². The van der Waals surface area contributed by atoms with Crippen LogP contribution in [0.4, 0.5) is 13.6 Å². The van der Waals surface area contributed by atoms with E-state index >= 15 is 0 Å². The highest BCUT2D eigenvalue weighted by Gasteiger charge is 2.50. The maximum atomic E-state index is 13.6. The number of benzene rings is 2. The summed E-state index contributed by atoms with van der Waals surface area (Å²) in [5.41, 5.74) is 0.455. The van der Waals surface area contributed by atoms with E-state index in [1.165, 1.54) is 24.3 Å². The Morgan fingerprint density at radius 2 is 1.48 bits per heavy atom. The molecular formula is C26H30F2N2O3. The molecule has 0 aliphatic carbocycles. The minimum Gasteiger partial charge on any atom is -0.444 e. The fourth-order valence-electron chi connectivity index (χ4n) is 4.90. The van der Waals surface area contributed by atoms with Crippen molar-refractivity contribution in [2.24, 2.45) is 5.41 Å². The first-order valence-corrected chi connectivity index (χ1v) is 11.3. The summed E-state index contributed by atoms with van der Waals surface area (Å²) in [6.45, 7) is 7.23. The van der Waals surface area contributed by atoms with E-state index in [2.05, 4.69) is 4.90 Å². The van der Waals surface area contributed by atoms with Crippen molar-refractivity contribution in [1.82, 2.24) is 9.80 Å². The number of rotatable bonds is 3. The third-order valence-corrected chi connectivity index (χ3v) is 6.47. The zero-order valence-electron chi connectivity index (χ0n) is 19.3. The highest BCUT2D eigenvalue weighted by Crippen LogP contribution is 2.42. The standard InChI is InChI=1S/C26H30F2N2O3/c1-25(2,3)33-24(32)30-14-12-22(31)26(17-30)13-15-29(16-26)23(18-4-8-20(27)9-5-18)19-6-10-21(28)11-7-19/h4-11,23H,12-17H2,1-3H3. The van der Waals surface area contributed by atoms with Crippen molar-refractivity contribution in [2.45, 2.75) is 45.3 Å². The fraction of sp³-hybridized carbons (Fsp3) is 0.462. The smallest absolute Gasteiger partial charge is 0.410 e. The second-order valence-corrected chi connectivity index (χ2v) is 10.1. The Balaban J connectivity index is 1.60. The third-order valence-electron chi connectivity index (χ3n) is 6.47. The maximum absolute atomic E-state index is 13.6. The third kappa shape index (κ3) is 5.08. The summed E-state index contributed by atoms with van der Waals surface area (Å²) in [7, 11) is 0. The monoisotopic (exact) mass is 456 g/mol. The summed E-state index contributed by atoms with van der Waals surface area (Å²) in [6.07, 6.45) is 0.510. The van der Waals surface area contributed by atoms with E-state index in [1.807, 2.05) is 20.8 Å². The zero-order valence-corrected chi connectivity index (χ0v) is 19.3. The molecular weight excluding hydrogens is 426 g/mol. The first kappa shape index (κ1) is 23.4.